The lowest BCUT2D eigenvalue weighted by molar-refractivity contribution is -0.136. The zero-order valence-electron chi connectivity index (χ0n) is 11.5. The zero-order valence-corrected chi connectivity index (χ0v) is 12.3. The highest BCUT2D eigenvalue weighted by Crippen LogP contribution is 2.15. The first kappa shape index (κ1) is 14.9. The molecular formula is C15H15N3O2S. The van der Waals surface area contributed by atoms with Crippen LogP contribution in [0.2, 0.25) is 0 Å². The summed E-state index contributed by atoms with van der Waals surface area (Å²) < 4.78 is 0. The summed E-state index contributed by atoms with van der Waals surface area (Å²) in [6, 6.07) is 11.1. The predicted octanol–water partition coefficient (Wildman–Crippen LogP) is 2.40. The van der Waals surface area contributed by atoms with Crippen molar-refractivity contribution in [1.29, 1.82) is 0 Å². The topological polar surface area (TPSA) is 70.6 Å². The highest BCUT2D eigenvalue weighted by molar-refractivity contribution is 7.11. The fourth-order valence-electron chi connectivity index (χ4n) is 1.70. The maximum Gasteiger partial charge on any atom is 0.329 e. The SMILES string of the molecule is CCc1ccccc1NC(=O)C(=O)N/N=C/c1cccs1. The van der Waals surface area contributed by atoms with Gasteiger partial charge in [0.1, 0.15) is 0 Å². The molecule has 2 amide bonds. The molecule has 2 aromatic rings. The number of hydrogen-bond acceptors (Lipinski definition) is 4. The highest BCUT2D eigenvalue weighted by Gasteiger charge is 2.14. The monoisotopic (exact) mass is 301 g/mol. The third kappa shape index (κ3) is 4.25. The number of amides is 2. The zero-order chi connectivity index (χ0) is 15.1. The van der Waals surface area contributed by atoms with Crippen LogP contribution in [0.15, 0.2) is 46.9 Å². The van der Waals surface area contributed by atoms with E-state index in [0.717, 1.165) is 16.9 Å². The summed E-state index contributed by atoms with van der Waals surface area (Å²) in [5.41, 5.74) is 3.82. The van der Waals surface area contributed by atoms with Crippen LogP contribution < -0.4 is 10.7 Å². The molecule has 0 aliphatic heterocycles. The fourth-order valence-corrected chi connectivity index (χ4v) is 2.28. The van der Waals surface area contributed by atoms with E-state index in [2.05, 4.69) is 15.8 Å². The van der Waals surface area contributed by atoms with Crippen LogP contribution in [0.5, 0.6) is 0 Å². The summed E-state index contributed by atoms with van der Waals surface area (Å²) in [6.07, 6.45) is 2.27. The molecule has 108 valence electrons. The molecule has 0 radical (unpaired) electrons. The van der Waals surface area contributed by atoms with Gasteiger partial charge in [-0.15, -0.1) is 11.3 Å². The van der Waals surface area contributed by atoms with Crippen molar-refractivity contribution < 1.29 is 9.59 Å². The van der Waals surface area contributed by atoms with Gasteiger partial charge < -0.3 is 5.32 Å². The molecule has 6 heteroatoms. The molecule has 2 rings (SSSR count). The molecule has 0 fully saturated rings. The normalized spacial score (nSPS) is 10.5. The first-order chi connectivity index (χ1) is 10.2. The predicted molar refractivity (Wildman–Crippen MR) is 84.5 cm³/mol. The second kappa shape index (κ2) is 7.35. The van der Waals surface area contributed by atoms with E-state index in [-0.39, 0.29) is 0 Å². The average molecular weight is 301 g/mol. The van der Waals surface area contributed by atoms with Gasteiger partial charge in [-0.3, -0.25) is 9.59 Å². The molecule has 0 spiro atoms. The van der Waals surface area contributed by atoms with Gasteiger partial charge in [0.05, 0.1) is 6.21 Å². The Kier molecular flexibility index (Phi) is 5.22. The minimum absolute atomic E-state index is 0.641. The van der Waals surface area contributed by atoms with Crippen LogP contribution in [0, 0.1) is 0 Å². The van der Waals surface area contributed by atoms with Crippen LogP contribution in [0.4, 0.5) is 5.69 Å². The van der Waals surface area contributed by atoms with Gasteiger partial charge in [0.25, 0.3) is 0 Å². The Morgan fingerprint density at radius 3 is 2.71 bits per heavy atom. The molecular weight excluding hydrogens is 286 g/mol. The molecule has 0 aliphatic rings. The number of rotatable bonds is 4. The number of carbonyl (C=O) groups is 2. The van der Waals surface area contributed by atoms with Crippen LogP contribution in [0.3, 0.4) is 0 Å². The van der Waals surface area contributed by atoms with E-state index >= 15 is 0 Å². The summed E-state index contributed by atoms with van der Waals surface area (Å²) in [6.45, 7) is 1.98. The summed E-state index contributed by atoms with van der Waals surface area (Å²) in [4.78, 5) is 24.3. The number of carbonyl (C=O) groups excluding carboxylic acids is 2. The minimum Gasteiger partial charge on any atom is -0.317 e. The molecule has 0 saturated heterocycles. The Bertz CT molecular complexity index is 651. The lowest BCUT2D eigenvalue weighted by Gasteiger charge is -2.08. The second-order valence-electron chi connectivity index (χ2n) is 4.18. The maximum atomic E-state index is 11.8. The number of hydrogen-bond donors (Lipinski definition) is 2. The number of nitrogens with zero attached hydrogens (tertiary/aromatic N) is 1. The molecule has 5 nitrogen and oxygen atoms in total. The standard InChI is InChI=1S/C15H15N3O2S/c1-2-11-6-3-4-8-13(11)17-14(19)15(20)18-16-10-12-7-5-9-21-12/h3-10H,2H2,1H3,(H,17,19)(H,18,20)/b16-10+. The quantitative estimate of drug-likeness (QED) is 0.517. The molecule has 2 N–H and O–H groups in total. The number of benzene rings is 1. The molecule has 0 atom stereocenters. The average Bonchev–Trinajstić information content (AvgIpc) is 3.01. The van der Waals surface area contributed by atoms with Crippen molar-refractivity contribution in [2.45, 2.75) is 13.3 Å². The molecule has 0 saturated carbocycles. The van der Waals surface area contributed by atoms with E-state index in [1.54, 1.807) is 6.07 Å². The molecule has 21 heavy (non-hydrogen) atoms. The van der Waals surface area contributed by atoms with Crippen molar-refractivity contribution in [3.05, 3.63) is 52.2 Å². The largest absolute Gasteiger partial charge is 0.329 e. The lowest BCUT2D eigenvalue weighted by atomic mass is 10.1. The van der Waals surface area contributed by atoms with E-state index < -0.39 is 11.8 Å². The molecule has 1 aromatic carbocycles. The van der Waals surface area contributed by atoms with Gasteiger partial charge in [-0.05, 0) is 29.5 Å². The Labute approximate surface area is 126 Å². The molecule has 0 aliphatic carbocycles. The van der Waals surface area contributed by atoms with Gasteiger partial charge in [0.15, 0.2) is 0 Å². The van der Waals surface area contributed by atoms with Gasteiger partial charge in [-0.1, -0.05) is 31.2 Å². The van der Waals surface area contributed by atoms with Gasteiger partial charge in [0, 0.05) is 10.6 Å². The van der Waals surface area contributed by atoms with Crippen molar-refractivity contribution in [3.8, 4) is 0 Å². The van der Waals surface area contributed by atoms with E-state index in [0.29, 0.717) is 5.69 Å². The summed E-state index contributed by atoms with van der Waals surface area (Å²) in [5.74, 6) is -1.53. The van der Waals surface area contributed by atoms with Crippen LogP contribution in [-0.2, 0) is 16.0 Å². The second-order valence-corrected chi connectivity index (χ2v) is 5.16. The first-order valence-electron chi connectivity index (χ1n) is 6.46. The van der Waals surface area contributed by atoms with Crippen molar-refractivity contribution in [2.75, 3.05) is 5.32 Å². The molecule has 1 heterocycles. The molecule has 0 unspecified atom stereocenters. The third-order valence-electron chi connectivity index (χ3n) is 2.75. The number of nitrogens with one attached hydrogen (secondary N) is 2. The van der Waals surface area contributed by atoms with Gasteiger partial charge in [-0.25, -0.2) is 5.43 Å². The number of para-hydroxylation sites is 1. The minimum atomic E-state index is -0.797. The van der Waals surface area contributed by atoms with Crippen molar-refractivity contribution >= 4 is 35.1 Å². The summed E-state index contributed by atoms with van der Waals surface area (Å²) in [7, 11) is 0. The van der Waals surface area contributed by atoms with Crippen LogP contribution >= 0.6 is 11.3 Å². The first-order valence-corrected chi connectivity index (χ1v) is 7.34. The highest BCUT2D eigenvalue weighted by atomic mass is 32.1. The Morgan fingerprint density at radius 1 is 1.19 bits per heavy atom. The van der Waals surface area contributed by atoms with E-state index in [4.69, 9.17) is 0 Å². The van der Waals surface area contributed by atoms with Crippen LogP contribution in [0.25, 0.3) is 0 Å². The number of anilines is 1. The Morgan fingerprint density at radius 2 is 2.00 bits per heavy atom. The third-order valence-corrected chi connectivity index (χ3v) is 3.56. The number of aryl methyl sites for hydroxylation is 1. The number of thiophene rings is 1. The van der Waals surface area contributed by atoms with E-state index in [1.165, 1.54) is 17.6 Å². The smallest absolute Gasteiger partial charge is 0.317 e. The van der Waals surface area contributed by atoms with Crippen LogP contribution in [-0.4, -0.2) is 18.0 Å². The van der Waals surface area contributed by atoms with E-state index in [9.17, 15) is 9.59 Å². The van der Waals surface area contributed by atoms with E-state index in [1.807, 2.05) is 42.6 Å². The maximum absolute atomic E-state index is 11.8. The summed E-state index contributed by atoms with van der Waals surface area (Å²) >= 11 is 1.49. The number of hydrazone groups is 1. The van der Waals surface area contributed by atoms with Gasteiger partial charge in [0.2, 0.25) is 0 Å². The van der Waals surface area contributed by atoms with Crippen molar-refractivity contribution in [3.63, 3.8) is 0 Å². The van der Waals surface area contributed by atoms with Gasteiger partial charge in [-0.2, -0.15) is 5.10 Å². The Balaban J connectivity index is 1.92. The van der Waals surface area contributed by atoms with Gasteiger partial charge >= 0.3 is 11.8 Å². The molecule has 0 bridgehead atoms. The lowest BCUT2D eigenvalue weighted by Crippen LogP contribution is -2.32. The van der Waals surface area contributed by atoms with Crippen molar-refractivity contribution in [1.82, 2.24) is 5.43 Å². The Hall–Kier alpha value is -2.47. The fraction of sp³-hybridized carbons (Fsp3) is 0.133. The van der Waals surface area contributed by atoms with Crippen LogP contribution in [0.1, 0.15) is 17.4 Å². The summed E-state index contributed by atoms with van der Waals surface area (Å²) in [5, 5.41) is 8.23. The molecule has 1 aromatic heterocycles. The van der Waals surface area contributed by atoms with Crippen molar-refractivity contribution in [2.24, 2.45) is 5.10 Å².